The van der Waals surface area contributed by atoms with Crippen molar-refractivity contribution >= 4 is 39.4 Å². The van der Waals surface area contributed by atoms with Gasteiger partial charge in [0.1, 0.15) is 5.52 Å². The number of fused-ring (bicyclic) bond motifs is 1. The van der Waals surface area contributed by atoms with Crippen molar-refractivity contribution in [3.05, 3.63) is 11.6 Å². The first kappa shape index (κ1) is 13.2. The minimum absolute atomic E-state index is 0.145. The van der Waals surface area contributed by atoms with Crippen molar-refractivity contribution in [2.24, 2.45) is 0 Å². The first-order valence-electron chi connectivity index (χ1n) is 5.49. The standard InChI is InChI=1S/C10H14ClN5OS/c1-6(3-4-18(2)17)14-9-7-8(13-5-12-7)15-10(11)16-9/h5-6H,3-4H2,1-2H3,(H2,12,13,14,15,16). The van der Waals surface area contributed by atoms with Crippen molar-refractivity contribution in [3.63, 3.8) is 0 Å². The summed E-state index contributed by atoms with van der Waals surface area (Å²) in [5.41, 5.74) is 1.26. The number of hydrogen-bond donors (Lipinski definition) is 2. The van der Waals surface area contributed by atoms with Gasteiger partial charge in [-0.1, -0.05) is 0 Å². The molecule has 0 aliphatic rings. The average molecular weight is 288 g/mol. The van der Waals surface area contributed by atoms with Gasteiger partial charge in [0.25, 0.3) is 0 Å². The number of halogens is 1. The van der Waals surface area contributed by atoms with Crippen molar-refractivity contribution in [2.75, 3.05) is 17.3 Å². The van der Waals surface area contributed by atoms with Crippen LogP contribution in [0, 0.1) is 0 Å². The minimum Gasteiger partial charge on any atom is -0.366 e. The predicted octanol–water partition coefficient (Wildman–Crippen LogP) is 1.58. The number of aromatic amines is 1. The lowest BCUT2D eigenvalue weighted by molar-refractivity contribution is 0.678. The highest BCUT2D eigenvalue weighted by atomic mass is 35.5. The van der Waals surface area contributed by atoms with E-state index in [1.807, 2.05) is 6.92 Å². The van der Waals surface area contributed by atoms with Gasteiger partial charge in [0.2, 0.25) is 5.28 Å². The number of nitrogens with one attached hydrogen (secondary N) is 2. The van der Waals surface area contributed by atoms with Gasteiger partial charge >= 0.3 is 0 Å². The summed E-state index contributed by atoms with van der Waals surface area (Å²) in [6.45, 7) is 2.01. The lowest BCUT2D eigenvalue weighted by atomic mass is 10.2. The Balaban J connectivity index is 2.15. The SMILES string of the molecule is CC(CCS(C)=O)Nc1nc(Cl)nc2nc[nH]c12. The normalized spacial score (nSPS) is 14.6. The third-order valence-corrected chi connectivity index (χ3v) is 3.46. The van der Waals surface area contributed by atoms with Crippen molar-refractivity contribution in [1.29, 1.82) is 0 Å². The Morgan fingerprint density at radius 1 is 1.56 bits per heavy atom. The molecule has 0 saturated heterocycles. The maximum Gasteiger partial charge on any atom is 0.226 e. The minimum atomic E-state index is -0.787. The molecule has 8 heteroatoms. The lowest BCUT2D eigenvalue weighted by Crippen LogP contribution is -2.19. The molecular formula is C10H14ClN5OS. The largest absolute Gasteiger partial charge is 0.366 e. The van der Waals surface area contributed by atoms with E-state index >= 15 is 0 Å². The number of rotatable bonds is 5. The summed E-state index contributed by atoms with van der Waals surface area (Å²) in [7, 11) is -0.787. The van der Waals surface area contributed by atoms with Crippen LogP contribution in [0.5, 0.6) is 0 Å². The van der Waals surface area contributed by atoms with Crippen LogP contribution in [0.3, 0.4) is 0 Å². The Kier molecular flexibility index (Phi) is 4.13. The summed E-state index contributed by atoms with van der Waals surface area (Å²) in [5.74, 6) is 1.27. The highest BCUT2D eigenvalue weighted by Crippen LogP contribution is 2.19. The molecule has 2 heterocycles. The molecule has 2 unspecified atom stereocenters. The molecule has 0 bridgehead atoms. The third-order valence-electron chi connectivity index (χ3n) is 2.48. The molecule has 2 atom stereocenters. The van der Waals surface area contributed by atoms with Gasteiger partial charge in [-0.3, -0.25) is 4.21 Å². The van der Waals surface area contributed by atoms with Crippen LogP contribution in [0.25, 0.3) is 11.2 Å². The molecule has 2 aromatic rings. The molecular weight excluding hydrogens is 274 g/mol. The first-order chi connectivity index (χ1) is 8.56. The van der Waals surface area contributed by atoms with Gasteiger partial charge in [-0.25, -0.2) is 4.98 Å². The van der Waals surface area contributed by atoms with Crippen LogP contribution >= 0.6 is 11.6 Å². The van der Waals surface area contributed by atoms with Crippen LogP contribution < -0.4 is 5.32 Å². The average Bonchev–Trinajstić information content (AvgIpc) is 2.74. The van der Waals surface area contributed by atoms with E-state index in [1.165, 1.54) is 0 Å². The maximum absolute atomic E-state index is 11.0. The second-order valence-corrected chi connectivity index (χ2v) is 5.95. The summed E-state index contributed by atoms with van der Waals surface area (Å²) < 4.78 is 11.0. The maximum atomic E-state index is 11.0. The molecule has 0 amide bonds. The molecule has 0 radical (unpaired) electrons. The number of nitrogens with zero attached hydrogens (tertiary/aromatic N) is 3. The molecule has 0 aromatic carbocycles. The van der Waals surface area contributed by atoms with Crippen molar-refractivity contribution in [3.8, 4) is 0 Å². The van der Waals surface area contributed by atoms with E-state index in [-0.39, 0.29) is 11.3 Å². The quantitative estimate of drug-likeness (QED) is 0.816. The van der Waals surface area contributed by atoms with Gasteiger partial charge in [-0.05, 0) is 24.9 Å². The van der Waals surface area contributed by atoms with Crippen molar-refractivity contribution in [2.45, 2.75) is 19.4 Å². The van der Waals surface area contributed by atoms with E-state index in [0.717, 1.165) is 11.9 Å². The lowest BCUT2D eigenvalue weighted by Gasteiger charge is -2.14. The van der Waals surface area contributed by atoms with Gasteiger partial charge in [0, 0.05) is 28.9 Å². The topological polar surface area (TPSA) is 83.6 Å². The van der Waals surface area contributed by atoms with Gasteiger partial charge in [0.05, 0.1) is 6.33 Å². The summed E-state index contributed by atoms with van der Waals surface area (Å²) in [5, 5.41) is 3.38. The fraction of sp³-hybridized carbons (Fsp3) is 0.500. The van der Waals surface area contributed by atoms with Gasteiger partial charge in [-0.2, -0.15) is 9.97 Å². The zero-order chi connectivity index (χ0) is 13.1. The molecule has 2 rings (SSSR count). The molecule has 2 N–H and O–H groups in total. The van der Waals surface area contributed by atoms with Crippen molar-refractivity contribution < 1.29 is 4.21 Å². The second-order valence-electron chi connectivity index (χ2n) is 4.05. The fourth-order valence-electron chi connectivity index (χ4n) is 1.56. The van der Waals surface area contributed by atoms with Gasteiger partial charge in [0.15, 0.2) is 11.5 Å². The van der Waals surface area contributed by atoms with Crippen LogP contribution in [0.1, 0.15) is 13.3 Å². The molecule has 0 saturated carbocycles. The number of imidazole rings is 1. The van der Waals surface area contributed by atoms with Gasteiger partial charge < -0.3 is 10.3 Å². The third kappa shape index (κ3) is 3.17. The molecule has 0 spiro atoms. The number of anilines is 1. The smallest absolute Gasteiger partial charge is 0.226 e. The van der Waals surface area contributed by atoms with E-state index in [0.29, 0.717) is 17.2 Å². The van der Waals surface area contributed by atoms with Crippen LogP contribution in [0.2, 0.25) is 5.28 Å². The van der Waals surface area contributed by atoms with E-state index in [9.17, 15) is 4.21 Å². The summed E-state index contributed by atoms with van der Waals surface area (Å²) in [4.78, 5) is 15.1. The molecule has 98 valence electrons. The van der Waals surface area contributed by atoms with Crippen LogP contribution in [-0.4, -0.2) is 42.2 Å². The fourth-order valence-corrected chi connectivity index (χ4v) is 2.41. The van der Waals surface area contributed by atoms with Crippen LogP contribution in [0.4, 0.5) is 5.82 Å². The number of aromatic nitrogens is 4. The highest BCUT2D eigenvalue weighted by Gasteiger charge is 2.11. The summed E-state index contributed by atoms with van der Waals surface area (Å²) >= 11 is 5.83. The number of hydrogen-bond acceptors (Lipinski definition) is 5. The highest BCUT2D eigenvalue weighted by molar-refractivity contribution is 7.84. The second kappa shape index (κ2) is 5.62. The predicted molar refractivity (Wildman–Crippen MR) is 73.3 cm³/mol. The molecule has 0 aliphatic carbocycles. The molecule has 2 aromatic heterocycles. The van der Waals surface area contributed by atoms with Crippen LogP contribution in [-0.2, 0) is 10.8 Å². The van der Waals surface area contributed by atoms with E-state index in [2.05, 4.69) is 25.3 Å². The summed E-state index contributed by atoms with van der Waals surface area (Å²) in [6.07, 6.45) is 4.04. The molecule has 0 fully saturated rings. The van der Waals surface area contributed by atoms with Crippen LogP contribution in [0.15, 0.2) is 6.33 Å². The zero-order valence-corrected chi connectivity index (χ0v) is 11.7. The Hall–Kier alpha value is -1.21. The van der Waals surface area contributed by atoms with E-state index < -0.39 is 10.8 Å². The molecule has 18 heavy (non-hydrogen) atoms. The Morgan fingerprint density at radius 3 is 3.06 bits per heavy atom. The monoisotopic (exact) mass is 287 g/mol. The van der Waals surface area contributed by atoms with E-state index in [4.69, 9.17) is 11.6 Å². The first-order valence-corrected chi connectivity index (χ1v) is 7.60. The van der Waals surface area contributed by atoms with Crippen molar-refractivity contribution in [1.82, 2.24) is 19.9 Å². The Labute approximate surface area is 112 Å². The Morgan fingerprint density at radius 2 is 2.33 bits per heavy atom. The van der Waals surface area contributed by atoms with Gasteiger partial charge in [-0.15, -0.1) is 0 Å². The Bertz CT molecular complexity index is 572. The summed E-state index contributed by atoms with van der Waals surface area (Å²) in [6, 6.07) is 0.145. The zero-order valence-electron chi connectivity index (χ0n) is 10.1. The molecule has 0 aliphatic heterocycles. The van der Waals surface area contributed by atoms with E-state index in [1.54, 1.807) is 12.6 Å². The number of H-pyrrole nitrogens is 1. The molecule has 6 nitrogen and oxygen atoms in total.